The van der Waals surface area contributed by atoms with Gasteiger partial charge >= 0.3 is 0 Å². The van der Waals surface area contributed by atoms with Crippen molar-refractivity contribution in [3.8, 4) is 0 Å². The van der Waals surface area contributed by atoms with E-state index in [1.165, 1.54) is 37.8 Å². The second-order valence-corrected chi connectivity index (χ2v) is 4.42. The Morgan fingerprint density at radius 3 is 2.64 bits per heavy atom. The fraction of sp³-hybridized carbons (Fsp3) is 0.636. The molecule has 3 heteroatoms. The summed E-state index contributed by atoms with van der Waals surface area (Å²) in [6, 6.07) is 2.56. The van der Waals surface area contributed by atoms with Gasteiger partial charge in [-0.15, -0.1) is 0 Å². The standard InChI is InChI=1S/C11H14N2O/c14-7-9-6-11(8-4-5-8)13(12-9)10-2-1-3-10/h6-8,10H,1-5H2. The predicted molar refractivity (Wildman–Crippen MR) is 52.5 cm³/mol. The minimum atomic E-state index is 0.583. The van der Waals surface area contributed by atoms with Gasteiger partial charge in [-0.05, 0) is 38.2 Å². The third kappa shape index (κ3) is 1.19. The highest BCUT2D eigenvalue weighted by atomic mass is 16.1. The molecule has 0 bridgehead atoms. The monoisotopic (exact) mass is 190 g/mol. The van der Waals surface area contributed by atoms with Crippen LogP contribution in [0, 0.1) is 0 Å². The van der Waals surface area contributed by atoms with E-state index in [4.69, 9.17) is 0 Å². The second kappa shape index (κ2) is 2.94. The van der Waals surface area contributed by atoms with Crippen LogP contribution in [-0.2, 0) is 0 Å². The van der Waals surface area contributed by atoms with E-state index in [1.807, 2.05) is 6.07 Å². The lowest BCUT2D eigenvalue weighted by Gasteiger charge is -2.27. The van der Waals surface area contributed by atoms with E-state index in [1.54, 1.807) is 0 Å². The SMILES string of the molecule is O=Cc1cc(C2CC2)n(C2CCC2)n1. The maximum Gasteiger partial charge on any atom is 0.170 e. The lowest BCUT2D eigenvalue weighted by Crippen LogP contribution is -2.20. The number of rotatable bonds is 3. The molecule has 1 heterocycles. The third-order valence-electron chi connectivity index (χ3n) is 3.32. The fourth-order valence-corrected chi connectivity index (χ4v) is 2.09. The summed E-state index contributed by atoms with van der Waals surface area (Å²) >= 11 is 0. The number of nitrogens with zero attached hydrogens (tertiary/aromatic N) is 2. The summed E-state index contributed by atoms with van der Waals surface area (Å²) in [5, 5.41) is 4.36. The molecule has 2 aliphatic carbocycles. The van der Waals surface area contributed by atoms with E-state index in [-0.39, 0.29) is 0 Å². The smallest absolute Gasteiger partial charge is 0.170 e. The lowest BCUT2D eigenvalue weighted by molar-refractivity contribution is 0.111. The minimum Gasteiger partial charge on any atom is -0.296 e. The lowest BCUT2D eigenvalue weighted by atomic mass is 9.93. The quantitative estimate of drug-likeness (QED) is 0.685. The van der Waals surface area contributed by atoms with Gasteiger partial charge in [0.25, 0.3) is 0 Å². The molecule has 0 saturated heterocycles. The van der Waals surface area contributed by atoms with Gasteiger partial charge in [0, 0.05) is 11.6 Å². The summed E-state index contributed by atoms with van der Waals surface area (Å²) < 4.78 is 2.12. The van der Waals surface area contributed by atoms with Gasteiger partial charge < -0.3 is 0 Å². The Balaban J connectivity index is 1.97. The van der Waals surface area contributed by atoms with Crippen LogP contribution in [0.4, 0.5) is 0 Å². The highest BCUT2D eigenvalue weighted by molar-refractivity contribution is 5.71. The Bertz CT molecular complexity index is 361. The molecule has 3 nitrogen and oxygen atoms in total. The van der Waals surface area contributed by atoms with Crippen molar-refractivity contribution < 1.29 is 4.79 Å². The van der Waals surface area contributed by atoms with E-state index >= 15 is 0 Å². The summed E-state index contributed by atoms with van der Waals surface area (Å²) in [6.45, 7) is 0. The molecule has 0 aliphatic heterocycles. The fourth-order valence-electron chi connectivity index (χ4n) is 2.09. The van der Waals surface area contributed by atoms with E-state index in [0.717, 1.165) is 6.29 Å². The number of carbonyl (C=O) groups is 1. The molecule has 74 valence electrons. The Morgan fingerprint density at radius 1 is 1.36 bits per heavy atom. The first-order valence-corrected chi connectivity index (χ1v) is 5.43. The molecule has 0 unspecified atom stereocenters. The largest absolute Gasteiger partial charge is 0.296 e. The zero-order valence-corrected chi connectivity index (χ0v) is 8.15. The molecule has 2 saturated carbocycles. The van der Waals surface area contributed by atoms with Crippen molar-refractivity contribution in [2.45, 2.75) is 44.1 Å². The molecule has 0 N–H and O–H groups in total. The van der Waals surface area contributed by atoms with Crippen LogP contribution in [-0.4, -0.2) is 16.1 Å². The molecule has 0 atom stereocenters. The van der Waals surface area contributed by atoms with Gasteiger partial charge in [-0.1, -0.05) is 0 Å². The highest BCUT2D eigenvalue weighted by Gasteiger charge is 2.31. The second-order valence-electron chi connectivity index (χ2n) is 4.42. The molecule has 0 aromatic carbocycles. The Labute approximate surface area is 83.1 Å². The zero-order chi connectivity index (χ0) is 9.54. The molecule has 2 aliphatic rings. The van der Waals surface area contributed by atoms with Crippen LogP contribution in [0.3, 0.4) is 0 Å². The molecule has 1 aromatic heterocycles. The van der Waals surface area contributed by atoms with Crippen molar-refractivity contribution in [1.29, 1.82) is 0 Å². The maximum atomic E-state index is 10.7. The minimum absolute atomic E-state index is 0.583. The van der Waals surface area contributed by atoms with Crippen molar-refractivity contribution >= 4 is 6.29 Å². The van der Waals surface area contributed by atoms with Gasteiger partial charge in [-0.25, -0.2) is 0 Å². The van der Waals surface area contributed by atoms with E-state index in [0.29, 0.717) is 17.7 Å². The van der Waals surface area contributed by atoms with Crippen LogP contribution >= 0.6 is 0 Å². The first-order chi connectivity index (χ1) is 6.88. The number of aromatic nitrogens is 2. The first kappa shape index (κ1) is 8.21. The summed E-state index contributed by atoms with van der Waals surface area (Å²) in [7, 11) is 0. The number of hydrogen-bond donors (Lipinski definition) is 0. The van der Waals surface area contributed by atoms with Crippen molar-refractivity contribution in [3.63, 3.8) is 0 Å². The van der Waals surface area contributed by atoms with Gasteiger partial charge in [0.05, 0.1) is 6.04 Å². The van der Waals surface area contributed by atoms with Crippen LogP contribution in [0.15, 0.2) is 6.07 Å². The van der Waals surface area contributed by atoms with Gasteiger partial charge in [-0.2, -0.15) is 5.10 Å². The van der Waals surface area contributed by atoms with Crippen molar-refractivity contribution in [2.75, 3.05) is 0 Å². The van der Waals surface area contributed by atoms with Crippen LogP contribution in [0.1, 0.15) is 60.2 Å². The number of hydrogen-bond acceptors (Lipinski definition) is 2. The highest BCUT2D eigenvalue weighted by Crippen LogP contribution is 2.43. The molecule has 0 amide bonds. The molecular weight excluding hydrogens is 176 g/mol. The maximum absolute atomic E-state index is 10.7. The van der Waals surface area contributed by atoms with Crippen molar-refractivity contribution in [1.82, 2.24) is 9.78 Å². The summed E-state index contributed by atoms with van der Waals surface area (Å²) in [4.78, 5) is 10.7. The molecule has 2 fully saturated rings. The normalized spacial score (nSPS) is 22.0. The predicted octanol–water partition coefficient (Wildman–Crippen LogP) is 2.30. The first-order valence-electron chi connectivity index (χ1n) is 5.43. The van der Waals surface area contributed by atoms with Crippen molar-refractivity contribution in [3.05, 3.63) is 17.5 Å². The van der Waals surface area contributed by atoms with Gasteiger partial charge in [0.2, 0.25) is 0 Å². The topological polar surface area (TPSA) is 34.9 Å². The van der Waals surface area contributed by atoms with E-state index < -0.39 is 0 Å². The van der Waals surface area contributed by atoms with Crippen LogP contribution in [0.2, 0.25) is 0 Å². The third-order valence-corrected chi connectivity index (χ3v) is 3.32. The van der Waals surface area contributed by atoms with E-state index in [2.05, 4.69) is 9.78 Å². The molecular formula is C11H14N2O. The zero-order valence-electron chi connectivity index (χ0n) is 8.15. The Hall–Kier alpha value is -1.12. The number of carbonyl (C=O) groups excluding carboxylic acids is 1. The van der Waals surface area contributed by atoms with Crippen LogP contribution < -0.4 is 0 Å². The number of aldehydes is 1. The van der Waals surface area contributed by atoms with Gasteiger partial charge in [0.15, 0.2) is 6.29 Å². The van der Waals surface area contributed by atoms with Crippen molar-refractivity contribution in [2.24, 2.45) is 0 Å². The van der Waals surface area contributed by atoms with Gasteiger partial charge in [-0.3, -0.25) is 9.48 Å². The summed E-state index contributed by atoms with van der Waals surface area (Å²) in [6.07, 6.45) is 7.19. The molecule has 14 heavy (non-hydrogen) atoms. The average Bonchev–Trinajstić information content (AvgIpc) is 2.86. The molecule has 3 rings (SSSR count). The summed E-state index contributed by atoms with van der Waals surface area (Å²) in [5.41, 5.74) is 1.91. The Morgan fingerprint density at radius 2 is 2.14 bits per heavy atom. The Kier molecular flexibility index (Phi) is 1.72. The van der Waals surface area contributed by atoms with E-state index in [9.17, 15) is 4.79 Å². The molecule has 0 radical (unpaired) electrons. The van der Waals surface area contributed by atoms with Gasteiger partial charge in [0.1, 0.15) is 5.69 Å². The average molecular weight is 190 g/mol. The van der Waals surface area contributed by atoms with Crippen LogP contribution in [0.25, 0.3) is 0 Å². The van der Waals surface area contributed by atoms with Crippen LogP contribution in [0.5, 0.6) is 0 Å². The summed E-state index contributed by atoms with van der Waals surface area (Å²) in [5.74, 6) is 0.691. The molecule has 1 aromatic rings. The molecule has 0 spiro atoms.